The summed E-state index contributed by atoms with van der Waals surface area (Å²) in [6.45, 7) is 1.89. The number of rotatable bonds is 4. The van der Waals surface area contributed by atoms with Gasteiger partial charge in [-0.1, -0.05) is 0 Å². The van der Waals surface area contributed by atoms with E-state index in [-0.39, 0.29) is 25.0 Å². The lowest BCUT2D eigenvalue weighted by atomic mass is 10.1. The van der Waals surface area contributed by atoms with Gasteiger partial charge in [0.15, 0.2) is 0 Å². The summed E-state index contributed by atoms with van der Waals surface area (Å²) in [7, 11) is 0. The summed E-state index contributed by atoms with van der Waals surface area (Å²) < 4.78 is 31.0. The monoisotopic (exact) mass is 230 g/mol. The highest BCUT2D eigenvalue weighted by Crippen LogP contribution is 2.20. The van der Waals surface area contributed by atoms with Gasteiger partial charge in [0.1, 0.15) is 17.4 Å². The van der Waals surface area contributed by atoms with Gasteiger partial charge in [-0.3, -0.25) is 4.79 Å². The second-order valence-corrected chi connectivity index (χ2v) is 3.19. The molecule has 0 saturated carbocycles. The number of benzene rings is 1. The van der Waals surface area contributed by atoms with E-state index in [1.807, 2.05) is 0 Å². The first kappa shape index (κ1) is 12.4. The third-order valence-electron chi connectivity index (χ3n) is 2.01. The van der Waals surface area contributed by atoms with Crippen LogP contribution in [0.4, 0.5) is 8.78 Å². The fraction of sp³-hybridized carbons (Fsp3) is 0.364. The van der Waals surface area contributed by atoms with Gasteiger partial charge in [-0.2, -0.15) is 0 Å². The maximum Gasteiger partial charge on any atom is 0.306 e. The molecule has 0 fully saturated rings. The van der Waals surface area contributed by atoms with Gasteiger partial charge >= 0.3 is 5.97 Å². The molecule has 0 bridgehead atoms. The van der Waals surface area contributed by atoms with E-state index in [2.05, 4.69) is 4.74 Å². The van der Waals surface area contributed by atoms with Crippen molar-refractivity contribution in [3.8, 4) is 5.75 Å². The van der Waals surface area contributed by atoms with Crippen LogP contribution in [0.1, 0.15) is 18.9 Å². The van der Waals surface area contributed by atoms with Crippen molar-refractivity contribution in [1.82, 2.24) is 0 Å². The number of halogens is 2. The van der Waals surface area contributed by atoms with Crippen molar-refractivity contribution in [1.29, 1.82) is 0 Å². The highest BCUT2D eigenvalue weighted by atomic mass is 19.1. The zero-order chi connectivity index (χ0) is 12.1. The van der Waals surface area contributed by atoms with Crippen LogP contribution >= 0.6 is 0 Å². The van der Waals surface area contributed by atoms with Crippen molar-refractivity contribution < 1.29 is 23.4 Å². The Morgan fingerprint density at radius 3 is 2.44 bits per heavy atom. The summed E-state index contributed by atoms with van der Waals surface area (Å²) in [5, 5.41) is 8.91. The van der Waals surface area contributed by atoms with Crippen molar-refractivity contribution in [3.05, 3.63) is 29.3 Å². The van der Waals surface area contributed by atoms with E-state index < -0.39 is 23.4 Å². The molecule has 0 spiro atoms. The van der Waals surface area contributed by atoms with Crippen molar-refractivity contribution in [2.45, 2.75) is 19.8 Å². The van der Waals surface area contributed by atoms with Gasteiger partial charge in [0.2, 0.25) is 0 Å². The van der Waals surface area contributed by atoms with Crippen molar-refractivity contribution >= 4 is 5.97 Å². The van der Waals surface area contributed by atoms with Crippen molar-refractivity contribution in [2.24, 2.45) is 0 Å². The van der Waals surface area contributed by atoms with Crippen LogP contribution in [0.15, 0.2) is 12.1 Å². The van der Waals surface area contributed by atoms with E-state index in [0.717, 1.165) is 12.1 Å². The summed E-state index contributed by atoms with van der Waals surface area (Å²) in [5.41, 5.74) is -0.217. The predicted octanol–water partition coefficient (Wildman–Crippen LogP) is 2.17. The lowest BCUT2D eigenvalue weighted by Crippen LogP contribution is -2.07. The number of phenols is 1. The highest BCUT2D eigenvalue weighted by molar-refractivity contribution is 5.69. The van der Waals surface area contributed by atoms with Crippen LogP contribution in [-0.4, -0.2) is 17.7 Å². The molecule has 0 atom stereocenters. The first-order valence-electron chi connectivity index (χ1n) is 4.87. The highest BCUT2D eigenvalue weighted by Gasteiger charge is 2.13. The van der Waals surface area contributed by atoms with E-state index in [9.17, 15) is 13.6 Å². The Morgan fingerprint density at radius 2 is 1.94 bits per heavy atom. The molecule has 0 amide bonds. The minimum Gasteiger partial charge on any atom is -0.508 e. The maximum absolute atomic E-state index is 13.2. The first-order valence-corrected chi connectivity index (χ1v) is 4.87. The van der Waals surface area contributed by atoms with Gasteiger partial charge in [-0.05, 0) is 13.3 Å². The van der Waals surface area contributed by atoms with Crippen LogP contribution in [0, 0.1) is 11.6 Å². The molecule has 0 unspecified atom stereocenters. The van der Waals surface area contributed by atoms with Gasteiger partial charge in [-0.15, -0.1) is 0 Å². The molecule has 1 aromatic rings. The van der Waals surface area contributed by atoms with Crippen LogP contribution in [0.2, 0.25) is 0 Å². The maximum atomic E-state index is 13.2. The second kappa shape index (κ2) is 5.44. The Balaban J connectivity index is 2.70. The van der Waals surface area contributed by atoms with Gasteiger partial charge in [0, 0.05) is 24.1 Å². The molecule has 0 radical (unpaired) electrons. The van der Waals surface area contributed by atoms with Gasteiger partial charge in [0.25, 0.3) is 0 Å². The van der Waals surface area contributed by atoms with Gasteiger partial charge in [-0.25, -0.2) is 8.78 Å². The standard InChI is InChI=1S/C11H12F2O3/c1-2-16-11(15)4-3-8-9(12)5-7(14)6-10(8)13/h5-6,14H,2-4H2,1H3. The summed E-state index contributed by atoms with van der Waals surface area (Å²) in [6.07, 6.45) is -0.177. The molecule has 0 aliphatic carbocycles. The molecule has 1 rings (SSSR count). The molecule has 0 aliphatic heterocycles. The van der Waals surface area contributed by atoms with E-state index >= 15 is 0 Å². The molecule has 0 heterocycles. The quantitative estimate of drug-likeness (QED) is 0.806. The molecule has 0 saturated heterocycles. The molecule has 0 aliphatic rings. The van der Waals surface area contributed by atoms with Crippen LogP contribution < -0.4 is 0 Å². The largest absolute Gasteiger partial charge is 0.508 e. The Bertz CT molecular complexity index is 368. The van der Waals surface area contributed by atoms with E-state index in [4.69, 9.17) is 5.11 Å². The van der Waals surface area contributed by atoms with E-state index in [1.54, 1.807) is 6.92 Å². The molecule has 16 heavy (non-hydrogen) atoms. The molecule has 0 aromatic heterocycles. The number of carbonyl (C=O) groups excluding carboxylic acids is 1. The zero-order valence-corrected chi connectivity index (χ0v) is 8.80. The average molecular weight is 230 g/mol. The zero-order valence-electron chi connectivity index (χ0n) is 8.80. The Labute approximate surface area is 91.7 Å². The minimum absolute atomic E-state index is 0.0865. The minimum atomic E-state index is -0.859. The molecule has 88 valence electrons. The summed E-state index contributed by atoms with van der Waals surface area (Å²) in [4.78, 5) is 11.0. The van der Waals surface area contributed by atoms with Crippen molar-refractivity contribution in [3.63, 3.8) is 0 Å². The fourth-order valence-corrected chi connectivity index (χ4v) is 1.29. The SMILES string of the molecule is CCOC(=O)CCc1c(F)cc(O)cc1F. The van der Waals surface area contributed by atoms with Crippen LogP contribution in [0.3, 0.4) is 0 Å². The van der Waals surface area contributed by atoms with Crippen molar-refractivity contribution in [2.75, 3.05) is 6.61 Å². The first-order chi connectivity index (χ1) is 7.54. The summed E-state index contributed by atoms with van der Waals surface area (Å²) in [5.74, 6) is -2.70. The van der Waals surface area contributed by atoms with E-state index in [0.29, 0.717) is 0 Å². The number of hydrogen-bond donors (Lipinski definition) is 1. The normalized spacial score (nSPS) is 10.2. The smallest absolute Gasteiger partial charge is 0.306 e. The third kappa shape index (κ3) is 3.18. The van der Waals surface area contributed by atoms with Gasteiger partial charge in [0.05, 0.1) is 6.61 Å². The molecular formula is C11H12F2O3. The Hall–Kier alpha value is -1.65. The lowest BCUT2D eigenvalue weighted by molar-refractivity contribution is -0.143. The number of phenolic OH excluding ortho intramolecular Hbond substituents is 1. The number of esters is 1. The molecule has 5 heteroatoms. The molecular weight excluding hydrogens is 218 g/mol. The van der Waals surface area contributed by atoms with Gasteiger partial charge < -0.3 is 9.84 Å². The summed E-state index contributed by atoms with van der Waals surface area (Å²) >= 11 is 0. The number of hydrogen-bond acceptors (Lipinski definition) is 3. The van der Waals surface area contributed by atoms with Crippen LogP contribution in [0.5, 0.6) is 5.75 Å². The average Bonchev–Trinajstić information content (AvgIpc) is 2.16. The topological polar surface area (TPSA) is 46.5 Å². The summed E-state index contributed by atoms with van der Waals surface area (Å²) in [6, 6.07) is 1.62. The number of aromatic hydroxyl groups is 1. The van der Waals surface area contributed by atoms with Crippen LogP contribution in [0.25, 0.3) is 0 Å². The Kier molecular flexibility index (Phi) is 4.22. The number of ether oxygens (including phenoxy) is 1. The third-order valence-corrected chi connectivity index (χ3v) is 2.01. The second-order valence-electron chi connectivity index (χ2n) is 3.19. The lowest BCUT2D eigenvalue weighted by Gasteiger charge is -2.05. The Morgan fingerprint density at radius 1 is 1.38 bits per heavy atom. The predicted molar refractivity (Wildman–Crippen MR) is 53.0 cm³/mol. The molecule has 3 nitrogen and oxygen atoms in total. The number of carbonyl (C=O) groups is 1. The van der Waals surface area contributed by atoms with Crippen LogP contribution in [-0.2, 0) is 16.0 Å². The molecule has 1 N–H and O–H groups in total. The van der Waals surface area contributed by atoms with E-state index in [1.165, 1.54) is 0 Å². The fourth-order valence-electron chi connectivity index (χ4n) is 1.29. The molecule has 1 aromatic carbocycles.